The summed E-state index contributed by atoms with van der Waals surface area (Å²) in [6, 6.07) is 16.1. The minimum absolute atomic E-state index is 0.225. The molecule has 0 fully saturated rings. The van der Waals surface area contributed by atoms with Crippen LogP contribution in [0, 0.1) is 6.92 Å². The zero-order valence-electron chi connectivity index (χ0n) is 22.6. The normalized spacial score (nSPS) is 11.4. The van der Waals surface area contributed by atoms with Crippen molar-refractivity contribution in [3.8, 4) is 5.82 Å². The molecule has 2 heterocycles. The first kappa shape index (κ1) is 26.8. The Kier molecular flexibility index (Phi) is 8.73. The van der Waals surface area contributed by atoms with E-state index in [0.29, 0.717) is 18.2 Å². The fourth-order valence-corrected chi connectivity index (χ4v) is 4.09. The van der Waals surface area contributed by atoms with Crippen LogP contribution in [-0.4, -0.2) is 73.3 Å². The van der Waals surface area contributed by atoms with Gasteiger partial charge in [0.25, 0.3) is 0 Å². The van der Waals surface area contributed by atoms with Gasteiger partial charge in [-0.05, 0) is 62.3 Å². The van der Waals surface area contributed by atoms with Crippen LogP contribution in [0.2, 0.25) is 0 Å². The van der Waals surface area contributed by atoms with Gasteiger partial charge in [-0.25, -0.2) is 4.98 Å². The molecule has 2 aromatic carbocycles. The maximum atomic E-state index is 12.6. The number of hydrogen-bond acceptors (Lipinski definition) is 7. The predicted octanol–water partition coefficient (Wildman–Crippen LogP) is 4.61. The zero-order chi connectivity index (χ0) is 27.1. The van der Waals surface area contributed by atoms with Gasteiger partial charge >= 0.3 is 0 Å². The number of benzene rings is 2. The largest absolute Gasteiger partial charge is 0.381 e. The van der Waals surface area contributed by atoms with Crippen LogP contribution in [0.1, 0.15) is 5.56 Å². The van der Waals surface area contributed by atoms with Crippen molar-refractivity contribution in [3.05, 3.63) is 78.6 Å². The molecule has 0 saturated carbocycles. The second-order valence-corrected chi connectivity index (χ2v) is 9.36. The Morgan fingerprint density at radius 3 is 2.68 bits per heavy atom. The smallest absolute Gasteiger partial charge is 0.248 e. The summed E-state index contributed by atoms with van der Waals surface area (Å²) in [6.07, 6.45) is 6.91. The molecular weight excluding hydrogens is 478 g/mol. The summed E-state index contributed by atoms with van der Waals surface area (Å²) in [5, 5.41) is 7.52. The number of rotatable bonds is 11. The fraction of sp³-hybridized carbons (Fsp3) is 0.276. The van der Waals surface area contributed by atoms with Crippen molar-refractivity contribution in [3.63, 3.8) is 0 Å². The molecule has 4 rings (SSSR count). The molecule has 2 N–H and O–H groups in total. The maximum Gasteiger partial charge on any atom is 0.248 e. The standard InChI is InChI=1S/C29H35N7O2/c1-21-19-26(35(4)17-16-34(2)3)24(31-28(37)11-8-18-38-5)20-23(21)32-29-30-14-12-27(33-29)36-15-13-22-9-6-7-10-25(22)36/h6-15,19-20H,16-18H2,1-5H3,(H,31,37)(H,30,32,33)/b11-8+. The number of fused-ring (bicyclic) bond motifs is 1. The number of nitrogens with one attached hydrogen (secondary N) is 2. The Bertz CT molecular complexity index is 1430. The lowest BCUT2D eigenvalue weighted by molar-refractivity contribution is -0.111. The van der Waals surface area contributed by atoms with Crippen LogP contribution in [0.15, 0.2) is 73.1 Å². The number of para-hydroxylation sites is 1. The highest BCUT2D eigenvalue weighted by atomic mass is 16.5. The minimum atomic E-state index is -0.225. The molecule has 9 heteroatoms. The van der Waals surface area contributed by atoms with Gasteiger partial charge in [0.15, 0.2) is 0 Å². The van der Waals surface area contributed by atoms with Gasteiger partial charge in [-0.2, -0.15) is 4.98 Å². The zero-order valence-corrected chi connectivity index (χ0v) is 22.6. The molecule has 0 aliphatic rings. The molecule has 9 nitrogen and oxygen atoms in total. The van der Waals surface area contributed by atoms with Crippen molar-refractivity contribution < 1.29 is 9.53 Å². The van der Waals surface area contributed by atoms with Crippen LogP contribution < -0.4 is 15.5 Å². The number of likely N-dealkylation sites (N-methyl/N-ethyl adjacent to an activating group) is 2. The topological polar surface area (TPSA) is 87.5 Å². The Balaban J connectivity index is 1.64. The lowest BCUT2D eigenvalue weighted by Gasteiger charge is -2.25. The Hall–Kier alpha value is -4.21. The number of aromatic nitrogens is 3. The Labute approximate surface area is 223 Å². The van der Waals surface area contributed by atoms with Gasteiger partial charge in [0.1, 0.15) is 5.82 Å². The number of nitrogens with zero attached hydrogens (tertiary/aromatic N) is 5. The van der Waals surface area contributed by atoms with Crippen molar-refractivity contribution in [1.82, 2.24) is 19.4 Å². The summed E-state index contributed by atoms with van der Waals surface area (Å²) < 4.78 is 7.05. The van der Waals surface area contributed by atoms with E-state index < -0.39 is 0 Å². The highest BCUT2D eigenvalue weighted by molar-refractivity contribution is 6.02. The summed E-state index contributed by atoms with van der Waals surface area (Å²) in [7, 11) is 7.70. The monoisotopic (exact) mass is 513 g/mol. The molecule has 0 aliphatic heterocycles. The third-order valence-corrected chi connectivity index (χ3v) is 6.16. The molecule has 0 saturated heterocycles. The first-order valence-corrected chi connectivity index (χ1v) is 12.5. The van der Waals surface area contributed by atoms with Gasteiger partial charge in [-0.3, -0.25) is 4.79 Å². The summed E-state index contributed by atoms with van der Waals surface area (Å²) in [6.45, 7) is 4.08. The summed E-state index contributed by atoms with van der Waals surface area (Å²) in [4.78, 5) is 26.1. The van der Waals surface area contributed by atoms with E-state index in [4.69, 9.17) is 9.72 Å². The summed E-state index contributed by atoms with van der Waals surface area (Å²) in [5.74, 6) is 1.00. The molecule has 0 spiro atoms. The van der Waals surface area contributed by atoms with Crippen molar-refractivity contribution in [2.45, 2.75) is 6.92 Å². The number of amides is 1. The van der Waals surface area contributed by atoms with E-state index in [0.717, 1.165) is 46.7 Å². The summed E-state index contributed by atoms with van der Waals surface area (Å²) in [5.41, 5.74) is 4.51. The van der Waals surface area contributed by atoms with Crippen LogP contribution >= 0.6 is 0 Å². The van der Waals surface area contributed by atoms with Gasteiger partial charge in [-0.15, -0.1) is 0 Å². The summed E-state index contributed by atoms with van der Waals surface area (Å²) >= 11 is 0. The molecule has 1 amide bonds. The first-order chi connectivity index (χ1) is 18.4. The Morgan fingerprint density at radius 2 is 1.89 bits per heavy atom. The quantitative estimate of drug-likeness (QED) is 0.283. The third kappa shape index (κ3) is 6.56. The molecule has 0 bridgehead atoms. The number of methoxy groups -OCH3 is 1. The van der Waals surface area contributed by atoms with E-state index in [1.807, 2.05) is 63.1 Å². The van der Waals surface area contributed by atoms with Gasteiger partial charge in [-0.1, -0.05) is 24.3 Å². The van der Waals surface area contributed by atoms with Crippen molar-refractivity contribution in [2.75, 3.05) is 63.5 Å². The highest BCUT2D eigenvalue weighted by Gasteiger charge is 2.15. The number of hydrogen-bond donors (Lipinski definition) is 2. The van der Waals surface area contributed by atoms with E-state index in [2.05, 4.69) is 49.7 Å². The second kappa shape index (κ2) is 12.4. The average Bonchev–Trinajstić information content (AvgIpc) is 3.33. The number of aryl methyl sites for hydroxylation is 1. The molecule has 2 aromatic heterocycles. The molecule has 0 radical (unpaired) electrons. The van der Waals surface area contributed by atoms with E-state index in [1.165, 1.54) is 6.08 Å². The second-order valence-electron chi connectivity index (χ2n) is 9.36. The van der Waals surface area contributed by atoms with E-state index >= 15 is 0 Å². The van der Waals surface area contributed by atoms with Gasteiger partial charge in [0.05, 0.1) is 23.5 Å². The number of carbonyl (C=O) groups is 1. The first-order valence-electron chi connectivity index (χ1n) is 12.5. The lowest BCUT2D eigenvalue weighted by Crippen LogP contribution is -2.29. The lowest BCUT2D eigenvalue weighted by atomic mass is 10.1. The minimum Gasteiger partial charge on any atom is -0.381 e. The molecule has 4 aromatic rings. The molecule has 198 valence electrons. The van der Waals surface area contributed by atoms with Gasteiger partial charge in [0, 0.05) is 51.4 Å². The number of anilines is 4. The molecule has 0 atom stereocenters. The average molecular weight is 514 g/mol. The van der Waals surface area contributed by atoms with Crippen molar-refractivity contribution in [2.24, 2.45) is 0 Å². The van der Waals surface area contributed by atoms with E-state index in [-0.39, 0.29) is 5.91 Å². The van der Waals surface area contributed by atoms with Gasteiger partial charge in [0.2, 0.25) is 11.9 Å². The fourth-order valence-electron chi connectivity index (χ4n) is 4.09. The molecule has 0 aliphatic carbocycles. The Morgan fingerprint density at radius 1 is 1.08 bits per heavy atom. The highest BCUT2D eigenvalue weighted by Crippen LogP contribution is 2.33. The van der Waals surface area contributed by atoms with E-state index in [1.54, 1.807) is 19.4 Å². The predicted molar refractivity (Wildman–Crippen MR) is 155 cm³/mol. The van der Waals surface area contributed by atoms with Crippen molar-refractivity contribution >= 4 is 39.8 Å². The third-order valence-electron chi connectivity index (χ3n) is 6.16. The molecule has 38 heavy (non-hydrogen) atoms. The van der Waals surface area contributed by atoms with Crippen LogP contribution in [0.5, 0.6) is 0 Å². The van der Waals surface area contributed by atoms with Crippen molar-refractivity contribution in [1.29, 1.82) is 0 Å². The number of ether oxygens (including phenoxy) is 1. The van der Waals surface area contributed by atoms with E-state index in [9.17, 15) is 4.79 Å². The number of carbonyl (C=O) groups excluding carboxylic acids is 1. The van der Waals surface area contributed by atoms with Crippen LogP contribution in [0.25, 0.3) is 16.7 Å². The van der Waals surface area contributed by atoms with Crippen LogP contribution in [0.4, 0.5) is 23.0 Å². The SMILES string of the molecule is COC/C=C/C(=O)Nc1cc(Nc2nccc(-n3ccc4ccccc43)n2)c(C)cc1N(C)CCN(C)C. The maximum absolute atomic E-state index is 12.6. The van der Waals surface area contributed by atoms with Crippen LogP contribution in [0.3, 0.4) is 0 Å². The molecule has 0 unspecified atom stereocenters. The van der Waals surface area contributed by atoms with Gasteiger partial charge < -0.3 is 29.7 Å². The molecular formula is C29H35N7O2. The van der Waals surface area contributed by atoms with Crippen LogP contribution in [-0.2, 0) is 9.53 Å².